The number of aliphatic imine (C=N–C) groups is 1. The third-order valence-corrected chi connectivity index (χ3v) is 4.97. The van der Waals surface area contributed by atoms with E-state index in [4.69, 9.17) is 5.73 Å². The number of benzene rings is 2. The molecule has 1 aliphatic rings. The quantitative estimate of drug-likeness (QED) is 0.754. The van der Waals surface area contributed by atoms with Crippen LogP contribution in [0.4, 0.5) is 14.9 Å². The van der Waals surface area contributed by atoms with Crippen LogP contribution in [0.15, 0.2) is 65.3 Å². The molecule has 0 spiro atoms. The Morgan fingerprint density at radius 3 is 2.45 bits per heavy atom. The van der Waals surface area contributed by atoms with Crippen LogP contribution < -0.4 is 16.0 Å². The fourth-order valence-electron chi connectivity index (χ4n) is 2.54. The molecular formula is C20H17FN4O3S. The van der Waals surface area contributed by atoms with Gasteiger partial charge in [-0.3, -0.25) is 19.8 Å². The number of halogens is 1. The molecule has 4 amide bonds. The second-order valence-corrected chi connectivity index (χ2v) is 7.37. The maximum absolute atomic E-state index is 13.3. The maximum Gasteiger partial charge on any atom is 0.318 e. The van der Waals surface area contributed by atoms with Crippen molar-refractivity contribution in [3.05, 3.63) is 71.7 Å². The van der Waals surface area contributed by atoms with E-state index in [0.29, 0.717) is 5.69 Å². The number of urea groups is 1. The highest BCUT2D eigenvalue weighted by Gasteiger charge is 2.34. The van der Waals surface area contributed by atoms with Crippen LogP contribution >= 0.6 is 11.8 Å². The molecule has 1 heterocycles. The molecule has 0 bridgehead atoms. The van der Waals surface area contributed by atoms with Gasteiger partial charge in [-0.25, -0.2) is 14.2 Å². The smallest absolute Gasteiger partial charge is 0.318 e. The molecule has 0 aliphatic carbocycles. The summed E-state index contributed by atoms with van der Waals surface area (Å²) in [4.78, 5) is 41.6. The van der Waals surface area contributed by atoms with E-state index in [1.807, 2.05) is 35.6 Å². The Hall–Kier alpha value is -3.46. The van der Waals surface area contributed by atoms with Crippen molar-refractivity contribution in [2.45, 2.75) is 12.2 Å². The number of nitrogens with zero attached hydrogens (tertiary/aromatic N) is 2. The van der Waals surface area contributed by atoms with Gasteiger partial charge in [-0.1, -0.05) is 42.1 Å². The number of hydrogen-bond donors (Lipinski definition) is 2. The average molecular weight is 412 g/mol. The van der Waals surface area contributed by atoms with Crippen molar-refractivity contribution in [2.24, 2.45) is 10.7 Å². The SMILES string of the molecule is C[C@H](SC1=N/C(=C\c2ccccc2)C(=O)N1c1ccc(F)cc1)C(=O)NC(N)=O. The Balaban J connectivity index is 1.94. The molecule has 2 aromatic rings. The zero-order chi connectivity index (χ0) is 21.0. The van der Waals surface area contributed by atoms with Crippen LogP contribution in [0.2, 0.25) is 0 Å². The number of primary amides is 1. The molecule has 0 unspecified atom stereocenters. The van der Waals surface area contributed by atoms with Crippen LogP contribution in [0.5, 0.6) is 0 Å². The minimum Gasteiger partial charge on any atom is -0.351 e. The largest absolute Gasteiger partial charge is 0.351 e. The summed E-state index contributed by atoms with van der Waals surface area (Å²) in [5.41, 5.74) is 6.34. The standard InChI is InChI=1S/C20H17FN4O3S/c1-12(17(26)24-19(22)28)29-20-23-16(11-13-5-3-2-4-6-13)18(27)25(20)15-9-7-14(21)8-10-15/h2-12H,1H3,(H3,22,24,26,28)/b16-11-/t12-/m0/s1. The molecule has 3 N–H and O–H groups in total. The van der Waals surface area contributed by atoms with Crippen molar-refractivity contribution in [1.82, 2.24) is 5.32 Å². The van der Waals surface area contributed by atoms with Crippen LogP contribution in [0.1, 0.15) is 12.5 Å². The number of amides is 4. The van der Waals surface area contributed by atoms with Gasteiger partial charge in [0.1, 0.15) is 11.5 Å². The maximum atomic E-state index is 13.3. The third kappa shape index (κ3) is 4.88. The van der Waals surface area contributed by atoms with Gasteiger partial charge in [0.05, 0.1) is 10.9 Å². The second-order valence-electron chi connectivity index (χ2n) is 6.07. The van der Waals surface area contributed by atoms with E-state index in [-0.39, 0.29) is 10.9 Å². The summed E-state index contributed by atoms with van der Waals surface area (Å²) in [5, 5.41) is 1.47. The Bertz CT molecular complexity index is 1010. The van der Waals surface area contributed by atoms with Crippen molar-refractivity contribution >= 4 is 46.5 Å². The normalized spacial score (nSPS) is 15.9. The van der Waals surface area contributed by atoms with Crippen LogP contribution in [-0.2, 0) is 9.59 Å². The first-order chi connectivity index (χ1) is 13.8. The summed E-state index contributed by atoms with van der Waals surface area (Å²) in [6, 6.07) is 13.6. The van der Waals surface area contributed by atoms with Gasteiger partial charge < -0.3 is 5.73 Å². The second kappa shape index (κ2) is 8.70. The lowest BCUT2D eigenvalue weighted by atomic mass is 10.2. The molecule has 0 fully saturated rings. The molecule has 7 nitrogen and oxygen atoms in total. The van der Waals surface area contributed by atoms with Crippen LogP contribution in [0.25, 0.3) is 6.08 Å². The lowest BCUT2D eigenvalue weighted by Crippen LogP contribution is -2.41. The predicted molar refractivity (Wildman–Crippen MR) is 111 cm³/mol. The van der Waals surface area contributed by atoms with Gasteiger partial charge in [-0.05, 0) is 42.8 Å². The summed E-state index contributed by atoms with van der Waals surface area (Å²) in [5.74, 6) is -1.47. The highest BCUT2D eigenvalue weighted by atomic mass is 32.2. The van der Waals surface area contributed by atoms with Crippen LogP contribution in [0.3, 0.4) is 0 Å². The molecule has 3 rings (SSSR count). The molecule has 0 saturated heterocycles. The highest BCUT2D eigenvalue weighted by Crippen LogP contribution is 2.31. The first-order valence-electron chi connectivity index (χ1n) is 8.57. The number of carbonyl (C=O) groups is 3. The van der Waals surface area contributed by atoms with E-state index in [1.54, 1.807) is 13.0 Å². The van der Waals surface area contributed by atoms with Crippen molar-refractivity contribution < 1.29 is 18.8 Å². The van der Waals surface area contributed by atoms with E-state index < -0.39 is 28.9 Å². The fraction of sp³-hybridized carbons (Fsp3) is 0.100. The molecule has 9 heteroatoms. The van der Waals surface area contributed by atoms with Crippen molar-refractivity contribution in [1.29, 1.82) is 0 Å². The van der Waals surface area contributed by atoms with Crippen LogP contribution in [-0.4, -0.2) is 28.3 Å². The van der Waals surface area contributed by atoms with Crippen LogP contribution in [0, 0.1) is 5.82 Å². The average Bonchev–Trinajstić information content (AvgIpc) is 2.98. The number of hydrogen-bond acceptors (Lipinski definition) is 5. The highest BCUT2D eigenvalue weighted by molar-refractivity contribution is 8.15. The minimum absolute atomic E-state index is 0.172. The topological polar surface area (TPSA) is 105 Å². The molecular weight excluding hydrogens is 395 g/mol. The third-order valence-electron chi connectivity index (χ3n) is 3.92. The van der Waals surface area contributed by atoms with Gasteiger partial charge in [0, 0.05) is 0 Å². The summed E-state index contributed by atoms with van der Waals surface area (Å²) < 4.78 is 13.3. The lowest BCUT2D eigenvalue weighted by molar-refractivity contribution is -0.119. The van der Waals surface area contributed by atoms with E-state index in [9.17, 15) is 18.8 Å². The van der Waals surface area contributed by atoms with Gasteiger partial charge in [0.25, 0.3) is 5.91 Å². The van der Waals surface area contributed by atoms with E-state index in [1.165, 1.54) is 29.2 Å². The minimum atomic E-state index is -0.966. The Labute approximate surface area is 170 Å². The first-order valence-corrected chi connectivity index (χ1v) is 9.45. The van der Waals surface area contributed by atoms with Crippen molar-refractivity contribution in [3.8, 4) is 0 Å². The predicted octanol–water partition coefficient (Wildman–Crippen LogP) is 2.89. The molecule has 29 heavy (non-hydrogen) atoms. The summed E-state index contributed by atoms with van der Waals surface area (Å²) in [7, 11) is 0. The monoisotopic (exact) mass is 412 g/mol. The number of amidine groups is 1. The van der Waals surface area contributed by atoms with Gasteiger partial charge in [-0.15, -0.1) is 0 Å². The molecule has 1 aliphatic heterocycles. The molecule has 148 valence electrons. The molecule has 0 radical (unpaired) electrons. The number of imide groups is 1. The number of rotatable bonds is 4. The Kier molecular flexibility index (Phi) is 6.08. The number of nitrogens with two attached hydrogens (primary N) is 1. The van der Waals surface area contributed by atoms with E-state index in [0.717, 1.165) is 17.3 Å². The zero-order valence-electron chi connectivity index (χ0n) is 15.3. The summed E-state index contributed by atoms with van der Waals surface area (Å²) >= 11 is 0.983. The lowest BCUT2D eigenvalue weighted by Gasteiger charge is -2.19. The molecule has 0 aromatic heterocycles. The van der Waals surface area contributed by atoms with Gasteiger partial charge in [0.2, 0.25) is 5.91 Å². The van der Waals surface area contributed by atoms with Gasteiger partial charge in [-0.2, -0.15) is 0 Å². The van der Waals surface area contributed by atoms with E-state index >= 15 is 0 Å². The van der Waals surface area contributed by atoms with E-state index in [2.05, 4.69) is 4.99 Å². The number of carbonyl (C=O) groups excluding carboxylic acids is 3. The Morgan fingerprint density at radius 2 is 1.83 bits per heavy atom. The van der Waals surface area contributed by atoms with Gasteiger partial charge in [0.15, 0.2) is 5.17 Å². The number of anilines is 1. The van der Waals surface area contributed by atoms with Crippen molar-refractivity contribution in [3.63, 3.8) is 0 Å². The molecule has 1 atom stereocenters. The summed E-state index contributed by atoms with van der Waals surface area (Å²) in [6.45, 7) is 1.55. The molecule has 0 saturated carbocycles. The van der Waals surface area contributed by atoms with Crippen molar-refractivity contribution in [2.75, 3.05) is 4.90 Å². The first kappa shape index (κ1) is 20.3. The summed E-state index contributed by atoms with van der Waals surface area (Å²) in [6.07, 6.45) is 1.63. The fourth-order valence-corrected chi connectivity index (χ4v) is 3.46. The zero-order valence-corrected chi connectivity index (χ0v) is 16.2. The Morgan fingerprint density at radius 1 is 1.17 bits per heavy atom. The number of nitrogens with one attached hydrogen (secondary N) is 1. The molecule has 2 aromatic carbocycles. The number of thioether (sulfide) groups is 1. The van der Waals surface area contributed by atoms with Gasteiger partial charge >= 0.3 is 6.03 Å².